The van der Waals surface area contributed by atoms with Crippen LogP contribution < -0.4 is 10.5 Å². The minimum absolute atomic E-state index is 0.236. The number of rotatable bonds is 5. The predicted molar refractivity (Wildman–Crippen MR) is 78.4 cm³/mol. The molecule has 0 N–H and O–H groups in total. The third-order valence-corrected chi connectivity index (χ3v) is 3.05. The number of aromatic nitrogens is 4. The van der Waals surface area contributed by atoms with Crippen LogP contribution in [0.1, 0.15) is 5.56 Å². The lowest BCUT2D eigenvalue weighted by Gasteiger charge is -2.07. The molecule has 0 aliphatic rings. The summed E-state index contributed by atoms with van der Waals surface area (Å²) in [5.74, 6) is 0.315. The van der Waals surface area contributed by atoms with Crippen LogP contribution in [0.5, 0.6) is 5.75 Å². The Kier molecular flexibility index (Phi) is 4.11. The van der Waals surface area contributed by atoms with E-state index < -0.39 is 5.76 Å². The molecule has 2 heterocycles. The predicted octanol–water partition coefficient (Wildman–Crippen LogP) is 1.24. The SMILES string of the molecule is N#Cc1ccc(OCCn2c(-c3cnccn3)noc2=O)cc1. The molecule has 2 aromatic heterocycles. The van der Waals surface area contributed by atoms with Crippen molar-refractivity contribution in [2.24, 2.45) is 0 Å². The fourth-order valence-electron chi connectivity index (χ4n) is 1.94. The zero-order chi connectivity index (χ0) is 16.1. The van der Waals surface area contributed by atoms with Gasteiger partial charge in [0.05, 0.1) is 24.4 Å². The first-order valence-electron chi connectivity index (χ1n) is 6.74. The second kappa shape index (κ2) is 6.53. The van der Waals surface area contributed by atoms with Crippen molar-refractivity contribution in [3.8, 4) is 23.3 Å². The summed E-state index contributed by atoms with van der Waals surface area (Å²) in [6.45, 7) is 0.481. The summed E-state index contributed by atoms with van der Waals surface area (Å²) in [4.78, 5) is 19.8. The van der Waals surface area contributed by atoms with Crippen LogP contribution >= 0.6 is 0 Å². The molecule has 0 unspecified atom stereocenters. The van der Waals surface area contributed by atoms with Gasteiger partial charge in [-0.25, -0.2) is 9.78 Å². The second-order valence-electron chi connectivity index (χ2n) is 4.50. The van der Waals surface area contributed by atoms with Gasteiger partial charge in [0.25, 0.3) is 0 Å². The smallest absolute Gasteiger partial charge is 0.442 e. The van der Waals surface area contributed by atoms with Crippen molar-refractivity contribution in [2.45, 2.75) is 6.54 Å². The van der Waals surface area contributed by atoms with Gasteiger partial charge in [0.15, 0.2) is 0 Å². The number of nitriles is 1. The molecule has 0 amide bonds. The quantitative estimate of drug-likeness (QED) is 0.697. The molecule has 0 aliphatic heterocycles. The highest BCUT2D eigenvalue weighted by molar-refractivity contribution is 5.46. The second-order valence-corrected chi connectivity index (χ2v) is 4.50. The van der Waals surface area contributed by atoms with Gasteiger partial charge in [-0.15, -0.1) is 0 Å². The molecule has 0 fully saturated rings. The normalized spacial score (nSPS) is 10.2. The molecule has 1 aromatic carbocycles. The average molecular weight is 309 g/mol. The molecule has 0 aliphatic carbocycles. The van der Waals surface area contributed by atoms with Gasteiger partial charge in [-0.05, 0) is 24.3 Å². The van der Waals surface area contributed by atoms with Crippen molar-refractivity contribution in [1.82, 2.24) is 19.7 Å². The van der Waals surface area contributed by atoms with Gasteiger partial charge in [0.1, 0.15) is 18.1 Å². The van der Waals surface area contributed by atoms with E-state index in [2.05, 4.69) is 19.6 Å². The molecule has 3 aromatic rings. The Morgan fingerprint density at radius 3 is 2.78 bits per heavy atom. The topological polar surface area (TPSA) is 107 Å². The van der Waals surface area contributed by atoms with Crippen molar-refractivity contribution in [3.63, 3.8) is 0 Å². The van der Waals surface area contributed by atoms with Crippen LogP contribution in [-0.4, -0.2) is 26.3 Å². The van der Waals surface area contributed by atoms with Crippen LogP contribution in [0.2, 0.25) is 0 Å². The number of nitrogens with zero attached hydrogens (tertiary/aromatic N) is 5. The highest BCUT2D eigenvalue weighted by Gasteiger charge is 2.13. The maximum absolute atomic E-state index is 11.7. The Labute approximate surface area is 130 Å². The summed E-state index contributed by atoms with van der Waals surface area (Å²) in [5, 5.41) is 12.5. The molecule has 3 rings (SSSR count). The molecule has 8 nitrogen and oxygen atoms in total. The zero-order valence-corrected chi connectivity index (χ0v) is 11.9. The maximum atomic E-state index is 11.7. The summed E-state index contributed by atoms with van der Waals surface area (Å²) < 4.78 is 11.6. The third-order valence-electron chi connectivity index (χ3n) is 3.05. The monoisotopic (exact) mass is 309 g/mol. The molecular formula is C15H11N5O3. The Hall–Kier alpha value is -3.47. The van der Waals surface area contributed by atoms with Crippen LogP contribution in [0.3, 0.4) is 0 Å². The lowest BCUT2D eigenvalue weighted by atomic mass is 10.2. The van der Waals surface area contributed by atoms with E-state index in [0.29, 0.717) is 22.8 Å². The summed E-state index contributed by atoms with van der Waals surface area (Å²) in [7, 11) is 0. The lowest BCUT2D eigenvalue weighted by molar-refractivity contribution is 0.290. The van der Waals surface area contributed by atoms with Crippen LogP contribution in [0.15, 0.2) is 52.2 Å². The average Bonchev–Trinajstić information content (AvgIpc) is 2.97. The van der Waals surface area contributed by atoms with Gasteiger partial charge in [0, 0.05) is 12.4 Å². The van der Waals surface area contributed by atoms with Gasteiger partial charge in [-0.3, -0.25) is 14.1 Å². The molecule has 0 spiro atoms. The van der Waals surface area contributed by atoms with Crippen LogP contribution in [0.4, 0.5) is 0 Å². The fraction of sp³-hybridized carbons (Fsp3) is 0.133. The molecule has 114 valence electrons. The fourth-order valence-corrected chi connectivity index (χ4v) is 1.94. The molecular weight excluding hydrogens is 298 g/mol. The molecule has 0 saturated carbocycles. The molecule has 0 atom stereocenters. The van der Waals surface area contributed by atoms with Gasteiger partial charge in [-0.2, -0.15) is 5.26 Å². The van der Waals surface area contributed by atoms with Gasteiger partial charge >= 0.3 is 5.76 Å². The zero-order valence-electron chi connectivity index (χ0n) is 11.9. The summed E-state index contributed by atoms with van der Waals surface area (Å²) >= 11 is 0. The van der Waals surface area contributed by atoms with Crippen molar-refractivity contribution >= 4 is 0 Å². The minimum Gasteiger partial charge on any atom is -0.492 e. The first kappa shape index (κ1) is 14.5. The molecule has 23 heavy (non-hydrogen) atoms. The lowest BCUT2D eigenvalue weighted by Crippen LogP contribution is -2.20. The van der Waals surface area contributed by atoms with Gasteiger partial charge in [0.2, 0.25) is 5.82 Å². The number of hydrogen-bond donors (Lipinski definition) is 0. The van der Waals surface area contributed by atoms with E-state index in [1.54, 1.807) is 24.3 Å². The molecule has 8 heteroatoms. The first-order valence-corrected chi connectivity index (χ1v) is 6.74. The molecule has 0 saturated heterocycles. The molecule has 0 radical (unpaired) electrons. The van der Waals surface area contributed by atoms with E-state index >= 15 is 0 Å². The number of benzene rings is 1. The number of hydrogen-bond acceptors (Lipinski definition) is 7. The molecule has 0 bridgehead atoms. The van der Waals surface area contributed by atoms with Crippen molar-refractivity contribution in [1.29, 1.82) is 5.26 Å². The van der Waals surface area contributed by atoms with Gasteiger partial charge < -0.3 is 4.74 Å². The Morgan fingerprint density at radius 1 is 1.26 bits per heavy atom. The van der Waals surface area contributed by atoms with Crippen molar-refractivity contribution in [2.75, 3.05) is 6.61 Å². The van der Waals surface area contributed by atoms with Crippen LogP contribution in [0.25, 0.3) is 11.5 Å². The third kappa shape index (κ3) is 3.24. The van der Waals surface area contributed by atoms with Gasteiger partial charge in [-0.1, -0.05) is 5.16 Å². The summed E-state index contributed by atoms with van der Waals surface area (Å²) in [6.07, 6.45) is 4.53. The van der Waals surface area contributed by atoms with Crippen molar-refractivity contribution in [3.05, 3.63) is 59.0 Å². The number of ether oxygens (including phenoxy) is 1. The Bertz CT molecular complexity index is 878. The standard InChI is InChI=1S/C15H11N5O3/c16-9-11-1-3-12(4-2-11)22-8-7-20-14(19-23-15(20)21)13-10-17-5-6-18-13/h1-6,10H,7-8H2. The van der Waals surface area contributed by atoms with E-state index in [1.807, 2.05) is 6.07 Å². The minimum atomic E-state index is -0.589. The van der Waals surface area contributed by atoms with Crippen molar-refractivity contribution < 1.29 is 9.26 Å². The largest absolute Gasteiger partial charge is 0.492 e. The van der Waals surface area contributed by atoms with E-state index in [4.69, 9.17) is 10.00 Å². The van der Waals surface area contributed by atoms with E-state index in [-0.39, 0.29) is 13.2 Å². The first-order chi connectivity index (χ1) is 11.3. The van der Waals surface area contributed by atoms with Crippen LogP contribution in [0, 0.1) is 11.3 Å². The summed E-state index contributed by atoms with van der Waals surface area (Å²) in [5.41, 5.74) is 0.995. The van der Waals surface area contributed by atoms with E-state index in [9.17, 15) is 4.79 Å². The highest BCUT2D eigenvalue weighted by atomic mass is 16.5. The summed E-state index contributed by atoms with van der Waals surface area (Å²) in [6, 6.07) is 8.73. The Morgan fingerprint density at radius 2 is 2.09 bits per heavy atom. The highest BCUT2D eigenvalue weighted by Crippen LogP contribution is 2.13. The van der Waals surface area contributed by atoms with E-state index in [0.717, 1.165) is 0 Å². The maximum Gasteiger partial charge on any atom is 0.442 e. The van der Waals surface area contributed by atoms with E-state index in [1.165, 1.54) is 23.2 Å². The van der Waals surface area contributed by atoms with Crippen LogP contribution in [-0.2, 0) is 6.54 Å². The Balaban J connectivity index is 1.70.